The number of pyridine rings is 1. The molecule has 136 valence electrons. The van der Waals surface area contributed by atoms with Gasteiger partial charge in [0.2, 0.25) is 0 Å². The van der Waals surface area contributed by atoms with Crippen molar-refractivity contribution in [3.63, 3.8) is 0 Å². The summed E-state index contributed by atoms with van der Waals surface area (Å²) < 4.78 is 3.11. The van der Waals surface area contributed by atoms with Crippen molar-refractivity contribution in [2.75, 3.05) is 0 Å². The highest BCUT2D eigenvalue weighted by molar-refractivity contribution is 9.10. The molecule has 28 heavy (non-hydrogen) atoms. The van der Waals surface area contributed by atoms with Gasteiger partial charge < -0.3 is 5.11 Å². The maximum atomic E-state index is 11.0. The van der Waals surface area contributed by atoms with Crippen molar-refractivity contribution in [1.82, 2.24) is 9.55 Å². The Hall–Kier alpha value is -2.95. The second kappa shape index (κ2) is 6.89. The van der Waals surface area contributed by atoms with Gasteiger partial charge in [0.25, 0.3) is 0 Å². The lowest BCUT2D eigenvalue weighted by molar-refractivity contribution is 0.220. The SMILES string of the molecule is OC(c1cccc(Br)c1)c1ccc2c3ccccc3n(-c3ccccn3)c2c1. The molecular weight excluding hydrogens is 412 g/mol. The zero-order valence-electron chi connectivity index (χ0n) is 15.0. The average Bonchev–Trinajstić information content (AvgIpc) is 3.07. The quantitative estimate of drug-likeness (QED) is 0.381. The van der Waals surface area contributed by atoms with Crippen molar-refractivity contribution in [2.24, 2.45) is 0 Å². The van der Waals surface area contributed by atoms with Crippen LogP contribution in [0.2, 0.25) is 0 Å². The van der Waals surface area contributed by atoms with E-state index in [9.17, 15) is 5.11 Å². The molecule has 2 aromatic heterocycles. The minimum absolute atomic E-state index is 0.697. The number of nitrogens with zero attached hydrogens (tertiary/aromatic N) is 2. The Morgan fingerprint density at radius 1 is 0.750 bits per heavy atom. The summed E-state index contributed by atoms with van der Waals surface area (Å²) >= 11 is 3.48. The Kier molecular flexibility index (Phi) is 4.23. The van der Waals surface area contributed by atoms with Crippen molar-refractivity contribution in [3.8, 4) is 5.82 Å². The number of aliphatic hydroxyl groups excluding tert-OH is 1. The van der Waals surface area contributed by atoms with Crippen LogP contribution in [0.4, 0.5) is 0 Å². The van der Waals surface area contributed by atoms with Crippen molar-refractivity contribution in [3.05, 3.63) is 107 Å². The monoisotopic (exact) mass is 428 g/mol. The van der Waals surface area contributed by atoms with Crippen LogP contribution in [0.25, 0.3) is 27.6 Å². The molecule has 4 heteroatoms. The van der Waals surface area contributed by atoms with E-state index in [0.717, 1.165) is 37.8 Å². The molecule has 0 amide bonds. The molecule has 0 spiro atoms. The van der Waals surface area contributed by atoms with Gasteiger partial charge in [0.1, 0.15) is 11.9 Å². The molecule has 5 aromatic rings. The first-order valence-electron chi connectivity index (χ1n) is 9.10. The van der Waals surface area contributed by atoms with Gasteiger partial charge >= 0.3 is 0 Å². The number of halogens is 1. The first kappa shape index (κ1) is 17.2. The normalized spacial score (nSPS) is 12.5. The maximum Gasteiger partial charge on any atom is 0.137 e. The van der Waals surface area contributed by atoms with Gasteiger partial charge in [-0.05, 0) is 47.5 Å². The number of fused-ring (bicyclic) bond motifs is 3. The van der Waals surface area contributed by atoms with E-state index in [1.54, 1.807) is 6.20 Å². The second-order valence-electron chi connectivity index (χ2n) is 6.77. The Morgan fingerprint density at radius 3 is 2.36 bits per heavy atom. The molecule has 0 fully saturated rings. The molecule has 3 aromatic carbocycles. The van der Waals surface area contributed by atoms with Crippen molar-refractivity contribution in [1.29, 1.82) is 0 Å². The molecular formula is C24H17BrN2O. The lowest BCUT2D eigenvalue weighted by atomic mass is 10.00. The standard InChI is InChI=1S/C24H17BrN2O/c25-18-7-5-6-16(14-18)24(28)17-11-12-20-19-8-1-2-9-21(19)27(22(20)15-17)23-10-3-4-13-26-23/h1-15,24,28H. The first-order valence-corrected chi connectivity index (χ1v) is 9.90. The van der Waals surface area contributed by atoms with Crippen LogP contribution in [0.15, 0.2) is 95.6 Å². The molecule has 3 nitrogen and oxygen atoms in total. The van der Waals surface area contributed by atoms with Gasteiger partial charge in [-0.25, -0.2) is 4.98 Å². The summed E-state index contributed by atoms with van der Waals surface area (Å²) in [5.74, 6) is 0.864. The third-order valence-electron chi connectivity index (χ3n) is 5.06. The summed E-state index contributed by atoms with van der Waals surface area (Å²) in [6.45, 7) is 0. The summed E-state index contributed by atoms with van der Waals surface area (Å²) in [5, 5.41) is 13.3. The second-order valence-corrected chi connectivity index (χ2v) is 7.69. The largest absolute Gasteiger partial charge is 0.384 e. The molecule has 0 aliphatic heterocycles. The van der Waals surface area contributed by atoms with Crippen LogP contribution in [0.3, 0.4) is 0 Å². The molecule has 5 rings (SSSR count). The Bertz CT molecular complexity index is 1290. The third-order valence-corrected chi connectivity index (χ3v) is 5.55. The first-order chi connectivity index (χ1) is 13.7. The molecule has 2 heterocycles. The fraction of sp³-hybridized carbons (Fsp3) is 0.0417. The van der Waals surface area contributed by atoms with Crippen LogP contribution in [0.1, 0.15) is 17.2 Å². The maximum absolute atomic E-state index is 11.0. The smallest absolute Gasteiger partial charge is 0.137 e. The summed E-state index contributed by atoms with van der Waals surface area (Å²) in [6, 6.07) is 28.2. The number of aliphatic hydroxyl groups is 1. The zero-order valence-corrected chi connectivity index (χ0v) is 16.5. The van der Waals surface area contributed by atoms with E-state index < -0.39 is 6.10 Å². The van der Waals surface area contributed by atoms with E-state index in [1.807, 2.05) is 54.6 Å². The predicted octanol–water partition coefficient (Wildman–Crippen LogP) is 6.02. The van der Waals surface area contributed by atoms with Crippen molar-refractivity contribution in [2.45, 2.75) is 6.10 Å². The van der Waals surface area contributed by atoms with E-state index >= 15 is 0 Å². The third kappa shape index (κ3) is 2.82. The van der Waals surface area contributed by atoms with E-state index in [2.05, 4.69) is 55.8 Å². The zero-order chi connectivity index (χ0) is 19.1. The van der Waals surface area contributed by atoms with Gasteiger partial charge in [-0.15, -0.1) is 0 Å². The number of benzene rings is 3. The predicted molar refractivity (Wildman–Crippen MR) is 117 cm³/mol. The summed E-state index contributed by atoms with van der Waals surface area (Å²) in [6.07, 6.45) is 1.10. The Morgan fingerprint density at radius 2 is 1.54 bits per heavy atom. The highest BCUT2D eigenvalue weighted by Crippen LogP contribution is 2.34. The number of aromatic nitrogens is 2. The minimum atomic E-state index is -0.697. The molecule has 1 N–H and O–H groups in total. The van der Waals surface area contributed by atoms with E-state index in [-0.39, 0.29) is 0 Å². The van der Waals surface area contributed by atoms with E-state index in [0.29, 0.717) is 0 Å². The fourth-order valence-corrected chi connectivity index (χ4v) is 4.18. The van der Waals surface area contributed by atoms with Crippen LogP contribution in [0.5, 0.6) is 0 Å². The van der Waals surface area contributed by atoms with E-state index in [4.69, 9.17) is 0 Å². The van der Waals surface area contributed by atoms with Gasteiger partial charge in [0.05, 0.1) is 11.0 Å². The Labute approximate surface area is 171 Å². The molecule has 0 saturated heterocycles. The Balaban J connectivity index is 1.76. The van der Waals surface area contributed by atoms with Crippen LogP contribution in [0, 0.1) is 0 Å². The molecule has 0 bridgehead atoms. The van der Waals surface area contributed by atoms with Gasteiger partial charge in [0.15, 0.2) is 0 Å². The van der Waals surface area contributed by atoms with Crippen LogP contribution in [-0.4, -0.2) is 14.7 Å². The van der Waals surface area contributed by atoms with Crippen LogP contribution in [-0.2, 0) is 0 Å². The average molecular weight is 429 g/mol. The van der Waals surface area contributed by atoms with Gasteiger partial charge in [-0.2, -0.15) is 0 Å². The molecule has 1 atom stereocenters. The van der Waals surface area contributed by atoms with Crippen LogP contribution < -0.4 is 0 Å². The topological polar surface area (TPSA) is 38.0 Å². The summed E-state index contributed by atoms with van der Waals surface area (Å²) in [7, 11) is 0. The lowest BCUT2D eigenvalue weighted by Gasteiger charge is -2.13. The van der Waals surface area contributed by atoms with E-state index in [1.165, 1.54) is 5.39 Å². The molecule has 1 unspecified atom stereocenters. The molecule has 0 radical (unpaired) electrons. The van der Waals surface area contributed by atoms with Crippen molar-refractivity contribution >= 4 is 37.7 Å². The summed E-state index contributed by atoms with van der Waals surface area (Å²) in [5.41, 5.74) is 3.84. The number of para-hydroxylation sites is 1. The van der Waals surface area contributed by atoms with Crippen molar-refractivity contribution < 1.29 is 5.11 Å². The lowest BCUT2D eigenvalue weighted by Crippen LogP contribution is -2.01. The molecule has 0 aliphatic carbocycles. The van der Waals surface area contributed by atoms with Crippen LogP contribution >= 0.6 is 15.9 Å². The summed E-state index contributed by atoms with van der Waals surface area (Å²) in [4.78, 5) is 4.56. The number of hydrogen-bond donors (Lipinski definition) is 1. The van der Waals surface area contributed by atoms with Gasteiger partial charge in [-0.3, -0.25) is 4.57 Å². The van der Waals surface area contributed by atoms with Gasteiger partial charge in [-0.1, -0.05) is 64.5 Å². The number of hydrogen-bond acceptors (Lipinski definition) is 2. The highest BCUT2D eigenvalue weighted by atomic mass is 79.9. The molecule has 0 aliphatic rings. The fourth-order valence-electron chi connectivity index (χ4n) is 3.76. The van der Waals surface area contributed by atoms with Gasteiger partial charge in [0, 0.05) is 21.4 Å². The highest BCUT2D eigenvalue weighted by Gasteiger charge is 2.16. The molecule has 0 saturated carbocycles. The number of rotatable bonds is 3. The minimum Gasteiger partial charge on any atom is -0.384 e.